The second-order valence-electron chi connectivity index (χ2n) is 4.78. The Morgan fingerprint density at radius 3 is 2.82 bits per heavy atom. The number of benzene rings is 1. The Labute approximate surface area is 136 Å². The van der Waals surface area contributed by atoms with Gasteiger partial charge in [-0.05, 0) is 41.8 Å². The molecule has 1 N–H and O–H groups in total. The van der Waals surface area contributed by atoms with Crippen LogP contribution >= 0.6 is 22.9 Å². The molecule has 2 heterocycles. The summed E-state index contributed by atoms with van der Waals surface area (Å²) >= 11 is 7.26. The van der Waals surface area contributed by atoms with Gasteiger partial charge >= 0.3 is 6.09 Å². The molecule has 1 fully saturated rings. The van der Waals surface area contributed by atoms with Gasteiger partial charge in [0, 0.05) is 10.6 Å². The van der Waals surface area contributed by atoms with Crippen LogP contribution in [0.25, 0.3) is 0 Å². The highest BCUT2D eigenvalue weighted by Crippen LogP contribution is 2.26. The summed E-state index contributed by atoms with van der Waals surface area (Å²) in [6.07, 6.45) is -0.737. The number of rotatable bonds is 4. The number of hydrogen-bond donors (Lipinski definition) is 1. The standard InChI is InChI=1S/C15H13ClN2O3S/c16-11-5-3-10(4-6-11)14(19)17-8-12-9-18(15(20)21-12)13-2-1-7-22-13/h1-7,12H,8-9H2,(H,17,19). The minimum atomic E-state index is -0.381. The van der Waals surface area contributed by atoms with Gasteiger partial charge in [-0.25, -0.2) is 4.79 Å². The third-order valence-electron chi connectivity index (χ3n) is 3.24. The number of anilines is 1. The molecule has 0 bridgehead atoms. The van der Waals surface area contributed by atoms with Gasteiger partial charge < -0.3 is 10.1 Å². The number of hydrogen-bond acceptors (Lipinski definition) is 4. The third kappa shape index (κ3) is 3.23. The second kappa shape index (κ2) is 6.37. The van der Waals surface area contributed by atoms with E-state index < -0.39 is 0 Å². The Kier molecular flexibility index (Phi) is 4.31. The van der Waals surface area contributed by atoms with E-state index in [1.807, 2.05) is 17.5 Å². The van der Waals surface area contributed by atoms with Crippen LogP contribution in [-0.4, -0.2) is 31.2 Å². The summed E-state index contributed by atoms with van der Waals surface area (Å²) < 4.78 is 5.26. The zero-order valence-electron chi connectivity index (χ0n) is 11.5. The van der Waals surface area contributed by atoms with E-state index in [4.69, 9.17) is 16.3 Å². The van der Waals surface area contributed by atoms with Gasteiger partial charge in [0.2, 0.25) is 0 Å². The lowest BCUT2D eigenvalue weighted by molar-refractivity contribution is 0.0916. The summed E-state index contributed by atoms with van der Waals surface area (Å²) in [5, 5.41) is 6.09. The largest absolute Gasteiger partial charge is 0.442 e. The van der Waals surface area contributed by atoms with Crippen molar-refractivity contribution in [2.24, 2.45) is 0 Å². The average Bonchev–Trinajstić information content (AvgIpc) is 3.14. The van der Waals surface area contributed by atoms with Crippen molar-refractivity contribution in [2.75, 3.05) is 18.0 Å². The Morgan fingerprint density at radius 1 is 1.36 bits per heavy atom. The van der Waals surface area contributed by atoms with Crippen molar-refractivity contribution < 1.29 is 14.3 Å². The normalized spacial score (nSPS) is 17.4. The van der Waals surface area contributed by atoms with Gasteiger partial charge in [0.15, 0.2) is 0 Å². The lowest BCUT2D eigenvalue weighted by Crippen LogP contribution is -2.34. The summed E-state index contributed by atoms with van der Waals surface area (Å²) in [7, 11) is 0. The molecule has 2 amide bonds. The Balaban J connectivity index is 1.55. The monoisotopic (exact) mass is 336 g/mol. The van der Waals surface area contributed by atoms with Crippen LogP contribution in [0.15, 0.2) is 41.8 Å². The van der Waals surface area contributed by atoms with Crippen molar-refractivity contribution in [2.45, 2.75) is 6.10 Å². The highest BCUT2D eigenvalue weighted by atomic mass is 35.5. The maximum absolute atomic E-state index is 12.0. The topological polar surface area (TPSA) is 58.6 Å². The fraction of sp³-hybridized carbons (Fsp3) is 0.200. The number of ether oxygens (including phenoxy) is 1. The molecular formula is C15H13ClN2O3S. The van der Waals surface area contributed by atoms with Crippen LogP contribution in [0.5, 0.6) is 0 Å². The van der Waals surface area contributed by atoms with Crippen LogP contribution in [0.2, 0.25) is 5.02 Å². The molecule has 1 aromatic heterocycles. The van der Waals surface area contributed by atoms with Gasteiger partial charge in [-0.2, -0.15) is 0 Å². The summed E-state index contributed by atoms with van der Waals surface area (Å²) in [6.45, 7) is 0.704. The molecule has 0 spiro atoms. The molecule has 22 heavy (non-hydrogen) atoms. The van der Waals surface area contributed by atoms with Crippen LogP contribution in [0, 0.1) is 0 Å². The summed E-state index contributed by atoms with van der Waals surface area (Å²) in [6, 6.07) is 10.4. The fourth-order valence-corrected chi connectivity index (χ4v) is 3.00. The minimum absolute atomic E-state index is 0.220. The molecule has 1 atom stereocenters. The SMILES string of the molecule is O=C(NCC1CN(c2cccs2)C(=O)O1)c1ccc(Cl)cc1. The molecule has 5 nitrogen and oxygen atoms in total. The quantitative estimate of drug-likeness (QED) is 0.933. The smallest absolute Gasteiger partial charge is 0.415 e. The number of nitrogens with zero attached hydrogens (tertiary/aromatic N) is 1. The van der Waals surface area contributed by atoms with Gasteiger partial charge in [0.1, 0.15) is 11.1 Å². The molecule has 0 radical (unpaired) electrons. The van der Waals surface area contributed by atoms with Crippen molar-refractivity contribution >= 4 is 39.9 Å². The minimum Gasteiger partial charge on any atom is -0.442 e. The number of carbonyl (C=O) groups is 2. The van der Waals surface area contributed by atoms with Crippen molar-refractivity contribution in [1.29, 1.82) is 0 Å². The molecule has 7 heteroatoms. The predicted octanol–water partition coefficient (Wildman–Crippen LogP) is 3.16. The number of amides is 2. The molecule has 1 saturated heterocycles. The molecule has 1 aliphatic rings. The molecule has 0 saturated carbocycles. The number of thiophene rings is 1. The van der Waals surface area contributed by atoms with E-state index in [0.29, 0.717) is 17.1 Å². The van der Waals surface area contributed by atoms with Crippen molar-refractivity contribution in [3.8, 4) is 0 Å². The first-order valence-electron chi connectivity index (χ1n) is 6.69. The van der Waals surface area contributed by atoms with Gasteiger partial charge in [0.05, 0.1) is 13.1 Å². The number of carbonyl (C=O) groups excluding carboxylic acids is 2. The lowest BCUT2D eigenvalue weighted by Gasteiger charge is -2.11. The van der Waals surface area contributed by atoms with Crippen LogP contribution in [0.1, 0.15) is 10.4 Å². The Bertz CT molecular complexity index is 673. The molecule has 2 aromatic rings. The zero-order chi connectivity index (χ0) is 15.5. The van der Waals surface area contributed by atoms with E-state index in [-0.39, 0.29) is 24.6 Å². The lowest BCUT2D eigenvalue weighted by atomic mass is 10.2. The third-order valence-corrected chi connectivity index (χ3v) is 4.39. The molecule has 1 aliphatic heterocycles. The van der Waals surface area contributed by atoms with E-state index in [1.165, 1.54) is 11.3 Å². The maximum Gasteiger partial charge on any atom is 0.415 e. The van der Waals surface area contributed by atoms with Crippen molar-refractivity contribution in [3.63, 3.8) is 0 Å². The van der Waals surface area contributed by atoms with Crippen LogP contribution in [0.3, 0.4) is 0 Å². The predicted molar refractivity (Wildman–Crippen MR) is 85.7 cm³/mol. The molecule has 1 aromatic carbocycles. The molecular weight excluding hydrogens is 324 g/mol. The Hall–Kier alpha value is -2.05. The molecule has 3 rings (SSSR count). The molecule has 0 aliphatic carbocycles. The zero-order valence-corrected chi connectivity index (χ0v) is 13.1. The average molecular weight is 337 g/mol. The van der Waals surface area contributed by atoms with E-state index in [2.05, 4.69) is 5.32 Å². The first-order valence-corrected chi connectivity index (χ1v) is 7.94. The fourth-order valence-electron chi connectivity index (χ4n) is 2.14. The first kappa shape index (κ1) is 14.9. The van der Waals surface area contributed by atoms with E-state index >= 15 is 0 Å². The van der Waals surface area contributed by atoms with Gasteiger partial charge in [-0.15, -0.1) is 11.3 Å². The van der Waals surface area contributed by atoms with Gasteiger partial charge in [-0.3, -0.25) is 9.69 Å². The maximum atomic E-state index is 12.0. The summed E-state index contributed by atoms with van der Waals surface area (Å²) in [5.74, 6) is -0.220. The number of halogens is 1. The molecule has 114 valence electrons. The van der Waals surface area contributed by atoms with E-state index in [1.54, 1.807) is 29.2 Å². The Morgan fingerprint density at radius 2 is 2.14 bits per heavy atom. The second-order valence-corrected chi connectivity index (χ2v) is 6.15. The van der Waals surface area contributed by atoms with Crippen LogP contribution in [0.4, 0.5) is 9.80 Å². The van der Waals surface area contributed by atoms with Gasteiger partial charge in [-0.1, -0.05) is 11.6 Å². The van der Waals surface area contributed by atoms with Crippen LogP contribution < -0.4 is 10.2 Å². The molecule has 1 unspecified atom stereocenters. The number of nitrogens with one attached hydrogen (secondary N) is 1. The number of cyclic esters (lactones) is 1. The summed E-state index contributed by atoms with van der Waals surface area (Å²) in [5.41, 5.74) is 0.517. The highest BCUT2D eigenvalue weighted by Gasteiger charge is 2.32. The summed E-state index contributed by atoms with van der Waals surface area (Å²) in [4.78, 5) is 25.4. The van der Waals surface area contributed by atoms with E-state index in [0.717, 1.165) is 5.00 Å². The van der Waals surface area contributed by atoms with Gasteiger partial charge in [0.25, 0.3) is 5.91 Å². The highest BCUT2D eigenvalue weighted by molar-refractivity contribution is 7.14. The van der Waals surface area contributed by atoms with Crippen molar-refractivity contribution in [3.05, 3.63) is 52.4 Å². The van der Waals surface area contributed by atoms with Crippen LogP contribution in [-0.2, 0) is 4.74 Å². The first-order chi connectivity index (χ1) is 10.6. The van der Waals surface area contributed by atoms with E-state index in [9.17, 15) is 9.59 Å². The van der Waals surface area contributed by atoms with Crippen molar-refractivity contribution in [1.82, 2.24) is 5.32 Å².